The summed E-state index contributed by atoms with van der Waals surface area (Å²) in [5.74, 6) is 0.562. The number of nitrogens with one attached hydrogen (secondary N) is 2. The van der Waals surface area contributed by atoms with E-state index >= 15 is 0 Å². The van der Waals surface area contributed by atoms with Gasteiger partial charge in [0.2, 0.25) is 0 Å². The first-order valence-electron chi connectivity index (χ1n) is 8.57. The third kappa shape index (κ3) is 5.76. The van der Waals surface area contributed by atoms with E-state index < -0.39 is 0 Å². The van der Waals surface area contributed by atoms with Crippen LogP contribution in [0, 0.1) is 5.82 Å². The van der Waals surface area contributed by atoms with E-state index in [1.807, 2.05) is 13.0 Å². The van der Waals surface area contributed by atoms with Crippen molar-refractivity contribution in [3.05, 3.63) is 35.6 Å². The van der Waals surface area contributed by atoms with E-state index in [2.05, 4.69) is 15.6 Å². The fourth-order valence-corrected chi connectivity index (χ4v) is 2.75. The van der Waals surface area contributed by atoms with Crippen LogP contribution in [-0.2, 0) is 15.9 Å². The largest absolute Gasteiger partial charge is 0.381 e. The molecule has 0 aromatic heterocycles. The monoisotopic (exact) mass is 337 g/mol. The number of aliphatic imine (C=N–C) groups is 1. The zero-order valence-electron chi connectivity index (χ0n) is 14.6. The molecule has 0 atom stereocenters. The molecule has 2 N–H and O–H groups in total. The van der Waals surface area contributed by atoms with E-state index in [0.717, 1.165) is 37.3 Å². The Morgan fingerprint density at radius 1 is 1.33 bits per heavy atom. The van der Waals surface area contributed by atoms with Crippen molar-refractivity contribution in [1.29, 1.82) is 0 Å². The van der Waals surface area contributed by atoms with Crippen molar-refractivity contribution in [3.63, 3.8) is 0 Å². The summed E-state index contributed by atoms with van der Waals surface area (Å²) in [7, 11) is 1.74. The van der Waals surface area contributed by atoms with Crippen molar-refractivity contribution in [2.75, 3.05) is 40.0 Å². The molecule has 0 bridgehead atoms. The second kappa shape index (κ2) is 9.59. The van der Waals surface area contributed by atoms with Crippen LogP contribution in [0.5, 0.6) is 0 Å². The summed E-state index contributed by atoms with van der Waals surface area (Å²) >= 11 is 0. The fraction of sp³-hybridized carbons (Fsp3) is 0.611. The van der Waals surface area contributed by atoms with E-state index in [1.165, 1.54) is 6.07 Å². The molecule has 134 valence electrons. The summed E-state index contributed by atoms with van der Waals surface area (Å²) in [5, 5.41) is 6.54. The van der Waals surface area contributed by atoms with Crippen LogP contribution in [0.1, 0.15) is 25.3 Å². The van der Waals surface area contributed by atoms with Crippen LogP contribution in [0.15, 0.2) is 29.3 Å². The second-order valence-corrected chi connectivity index (χ2v) is 6.00. The summed E-state index contributed by atoms with van der Waals surface area (Å²) in [5.41, 5.74) is 0.736. The van der Waals surface area contributed by atoms with Crippen LogP contribution < -0.4 is 10.6 Å². The Hall–Kier alpha value is -1.66. The van der Waals surface area contributed by atoms with Gasteiger partial charge in [0.1, 0.15) is 5.82 Å². The lowest BCUT2D eigenvalue weighted by atomic mass is 9.94. The van der Waals surface area contributed by atoms with E-state index in [-0.39, 0.29) is 11.4 Å². The molecule has 1 aromatic rings. The van der Waals surface area contributed by atoms with Crippen LogP contribution in [0.4, 0.5) is 4.39 Å². The molecule has 1 aromatic carbocycles. The smallest absolute Gasteiger partial charge is 0.191 e. The predicted molar refractivity (Wildman–Crippen MR) is 93.9 cm³/mol. The van der Waals surface area contributed by atoms with Gasteiger partial charge < -0.3 is 20.1 Å². The van der Waals surface area contributed by atoms with Gasteiger partial charge in [-0.3, -0.25) is 4.99 Å². The highest BCUT2D eigenvalue weighted by molar-refractivity contribution is 5.79. The van der Waals surface area contributed by atoms with Crippen LogP contribution in [-0.4, -0.2) is 51.5 Å². The third-order valence-corrected chi connectivity index (χ3v) is 4.30. The Balaban J connectivity index is 1.88. The Bertz CT molecular complexity index is 531. The lowest BCUT2D eigenvalue weighted by Gasteiger charge is -2.34. The van der Waals surface area contributed by atoms with Crippen molar-refractivity contribution >= 4 is 5.96 Å². The highest BCUT2D eigenvalue weighted by atomic mass is 19.1. The molecule has 0 aliphatic carbocycles. The van der Waals surface area contributed by atoms with Crippen molar-refractivity contribution in [1.82, 2.24) is 10.6 Å². The molecule has 0 unspecified atom stereocenters. The number of rotatable bonds is 7. The van der Waals surface area contributed by atoms with Crippen molar-refractivity contribution in [3.8, 4) is 0 Å². The van der Waals surface area contributed by atoms with Gasteiger partial charge in [-0.2, -0.15) is 0 Å². The van der Waals surface area contributed by atoms with Gasteiger partial charge >= 0.3 is 0 Å². The Morgan fingerprint density at radius 3 is 2.79 bits per heavy atom. The van der Waals surface area contributed by atoms with E-state index in [1.54, 1.807) is 19.2 Å². The molecule has 6 heteroatoms. The molecule has 1 fully saturated rings. The zero-order valence-corrected chi connectivity index (χ0v) is 14.6. The minimum atomic E-state index is -0.233. The van der Waals surface area contributed by atoms with Crippen molar-refractivity contribution in [2.45, 2.75) is 31.8 Å². The first-order chi connectivity index (χ1) is 11.7. The SMILES string of the molecule is CCNC(=NCC1(OC)CCOCC1)NCCc1cccc(F)c1. The third-order valence-electron chi connectivity index (χ3n) is 4.30. The molecule has 1 aliphatic rings. The molecular formula is C18H28FN3O2. The lowest BCUT2D eigenvalue weighted by Crippen LogP contribution is -2.44. The molecule has 0 saturated carbocycles. The number of hydrogen-bond donors (Lipinski definition) is 2. The standard InChI is InChI=1S/C18H28FN3O2/c1-3-20-17(21-10-7-15-5-4-6-16(19)13-15)22-14-18(23-2)8-11-24-12-9-18/h4-6,13H,3,7-12,14H2,1-2H3,(H2,20,21,22). The molecule has 2 rings (SSSR count). The zero-order chi connectivity index (χ0) is 17.3. The van der Waals surface area contributed by atoms with Crippen molar-refractivity contribution in [2.24, 2.45) is 4.99 Å². The van der Waals surface area contributed by atoms with Gasteiger partial charge in [0.05, 0.1) is 12.1 Å². The highest BCUT2D eigenvalue weighted by Crippen LogP contribution is 2.24. The van der Waals surface area contributed by atoms with Gasteiger partial charge in [-0.25, -0.2) is 4.39 Å². The Morgan fingerprint density at radius 2 is 2.12 bits per heavy atom. The summed E-state index contributed by atoms with van der Waals surface area (Å²) in [4.78, 5) is 4.67. The number of methoxy groups -OCH3 is 1. The molecule has 0 spiro atoms. The van der Waals surface area contributed by atoms with Crippen LogP contribution in [0.2, 0.25) is 0 Å². The number of nitrogens with zero attached hydrogens (tertiary/aromatic N) is 1. The van der Waals surface area contributed by atoms with Gasteiger partial charge in [-0.1, -0.05) is 12.1 Å². The molecule has 1 heterocycles. The summed E-state index contributed by atoms with van der Waals surface area (Å²) in [6.45, 7) is 5.54. The average Bonchev–Trinajstić information content (AvgIpc) is 2.60. The number of hydrogen-bond acceptors (Lipinski definition) is 3. The number of guanidine groups is 1. The highest BCUT2D eigenvalue weighted by Gasteiger charge is 2.32. The molecular weight excluding hydrogens is 309 g/mol. The van der Waals surface area contributed by atoms with E-state index in [4.69, 9.17) is 9.47 Å². The lowest BCUT2D eigenvalue weighted by molar-refractivity contribution is -0.0828. The molecule has 1 saturated heterocycles. The number of benzene rings is 1. The number of halogens is 1. The summed E-state index contributed by atoms with van der Waals surface area (Å²) in [6.07, 6.45) is 2.46. The Labute approximate surface area is 143 Å². The van der Waals surface area contributed by atoms with Gasteiger partial charge in [-0.05, 0) is 31.0 Å². The van der Waals surface area contributed by atoms with Crippen LogP contribution in [0.3, 0.4) is 0 Å². The first kappa shape index (κ1) is 18.7. The minimum absolute atomic E-state index is 0.199. The Kier molecular flexibility index (Phi) is 7.46. The molecule has 1 aliphatic heterocycles. The van der Waals surface area contributed by atoms with Crippen LogP contribution >= 0.6 is 0 Å². The first-order valence-corrected chi connectivity index (χ1v) is 8.57. The number of ether oxygens (including phenoxy) is 2. The van der Waals surface area contributed by atoms with Gasteiger partial charge in [0.15, 0.2) is 5.96 Å². The van der Waals surface area contributed by atoms with Gasteiger partial charge in [0.25, 0.3) is 0 Å². The van der Waals surface area contributed by atoms with Crippen molar-refractivity contribution < 1.29 is 13.9 Å². The average molecular weight is 337 g/mol. The molecule has 24 heavy (non-hydrogen) atoms. The molecule has 0 radical (unpaired) electrons. The summed E-state index contributed by atoms with van der Waals surface area (Å²) < 4.78 is 24.3. The van der Waals surface area contributed by atoms with E-state index in [0.29, 0.717) is 26.3 Å². The van der Waals surface area contributed by atoms with E-state index in [9.17, 15) is 4.39 Å². The van der Waals surface area contributed by atoms with Gasteiger partial charge in [0, 0.05) is 46.3 Å². The quantitative estimate of drug-likeness (QED) is 0.591. The molecule has 0 amide bonds. The van der Waals surface area contributed by atoms with Gasteiger partial charge in [-0.15, -0.1) is 0 Å². The second-order valence-electron chi connectivity index (χ2n) is 6.00. The fourth-order valence-electron chi connectivity index (χ4n) is 2.75. The minimum Gasteiger partial charge on any atom is -0.381 e. The van der Waals surface area contributed by atoms with Crippen LogP contribution in [0.25, 0.3) is 0 Å². The predicted octanol–water partition coefficient (Wildman–Crippen LogP) is 2.12. The molecule has 5 nitrogen and oxygen atoms in total. The topological polar surface area (TPSA) is 54.9 Å². The maximum absolute atomic E-state index is 13.2. The summed E-state index contributed by atoms with van der Waals surface area (Å²) in [6, 6.07) is 6.68. The maximum atomic E-state index is 13.2. The maximum Gasteiger partial charge on any atom is 0.191 e. The normalized spacial score (nSPS) is 17.5.